The molecular formula is C26H25N7OS. The molecule has 2 aromatic heterocycles. The highest BCUT2D eigenvalue weighted by Crippen LogP contribution is 2.31. The van der Waals surface area contributed by atoms with E-state index in [0.29, 0.717) is 28.8 Å². The molecule has 0 saturated heterocycles. The van der Waals surface area contributed by atoms with Crippen LogP contribution in [0.5, 0.6) is 0 Å². The quantitative estimate of drug-likeness (QED) is 0.445. The summed E-state index contributed by atoms with van der Waals surface area (Å²) in [5, 5.41) is 21.1. The normalized spacial score (nSPS) is 15.0. The summed E-state index contributed by atoms with van der Waals surface area (Å²) >= 11 is 1.58. The molecule has 0 saturated carbocycles. The molecule has 4 aromatic rings. The number of likely N-dealkylation sites (N-methyl/N-ethyl adjacent to an activating group) is 1. The molecule has 0 spiro atoms. The minimum Gasteiger partial charge on any atom is -0.306 e. The average Bonchev–Trinajstić information content (AvgIpc) is 3.50. The first-order valence-electron chi connectivity index (χ1n) is 11.4. The summed E-state index contributed by atoms with van der Waals surface area (Å²) in [7, 11) is 4.22. The predicted octanol–water partition coefficient (Wildman–Crippen LogP) is 3.99. The van der Waals surface area contributed by atoms with Gasteiger partial charge in [0.05, 0.1) is 30.1 Å². The minimum atomic E-state index is -0.168. The highest BCUT2D eigenvalue weighted by Gasteiger charge is 2.24. The Balaban J connectivity index is 1.25. The zero-order valence-corrected chi connectivity index (χ0v) is 20.4. The largest absolute Gasteiger partial charge is 0.306 e. The summed E-state index contributed by atoms with van der Waals surface area (Å²) in [5.41, 5.74) is 4.86. The number of rotatable bonds is 6. The summed E-state index contributed by atoms with van der Waals surface area (Å²) in [6.07, 6.45) is 4.87. The molecular weight excluding hydrogens is 458 g/mol. The van der Waals surface area contributed by atoms with Gasteiger partial charge in [0.1, 0.15) is 5.69 Å². The van der Waals surface area contributed by atoms with Gasteiger partial charge in [0.2, 0.25) is 0 Å². The molecule has 176 valence electrons. The second kappa shape index (κ2) is 9.78. The Kier molecular flexibility index (Phi) is 6.40. The first kappa shape index (κ1) is 22.9. The Labute approximate surface area is 207 Å². The van der Waals surface area contributed by atoms with Crippen molar-refractivity contribution < 1.29 is 4.79 Å². The molecule has 2 heterocycles. The summed E-state index contributed by atoms with van der Waals surface area (Å²) in [5.74, 6) is -0.168. The molecule has 9 heteroatoms. The standard InChI is InChI=1S/C26H25N7OS/c1-32(2)21-10-11-22-24(13-21)35-26(28-22)29-25(34)20-5-3-4-18(12-20)15-33-16-23(30-31-33)19-8-6-17(14-27)7-9-19/h3-9,12,16,21H,10-11,13,15H2,1-2H3,(H,28,29,34)/t21-/m0/s1. The molecule has 1 amide bonds. The number of nitriles is 1. The van der Waals surface area contributed by atoms with Crippen molar-refractivity contribution in [2.75, 3.05) is 19.4 Å². The molecule has 2 aromatic carbocycles. The Hall–Kier alpha value is -3.87. The number of amides is 1. The van der Waals surface area contributed by atoms with Crippen molar-refractivity contribution in [3.05, 3.63) is 82.0 Å². The molecule has 0 bridgehead atoms. The van der Waals surface area contributed by atoms with Crippen LogP contribution in [0, 0.1) is 11.3 Å². The van der Waals surface area contributed by atoms with Crippen LogP contribution in [0.25, 0.3) is 11.3 Å². The molecule has 1 atom stereocenters. The fourth-order valence-corrected chi connectivity index (χ4v) is 5.32. The maximum atomic E-state index is 12.9. The van der Waals surface area contributed by atoms with Gasteiger partial charge in [-0.3, -0.25) is 10.1 Å². The van der Waals surface area contributed by atoms with E-state index in [1.807, 2.05) is 36.5 Å². The van der Waals surface area contributed by atoms with E-state index in [4.69, 9.17) is 5.26 Å². The van der Waals surface area contributed by atoms with Crippen LogP contribution in [0.15, 0.2) is 54.7 Å². The Bertz CT molecular complexity index is 1400. The van der Waals surface area contributed by atoms with Crippen molar-refractivity contribution >= 4 is 22.4 Å². The average molecular weight is 484 g/mol. The van der Waals surface area contributed by atoms with Gasteiger partial charge in [0.15, 0.2) is 5.13 Å². The highest BCUT2D eigenvalue weighted by molar-refractivity contribution is 7.15. The Morgan fingerprint density at radius 1 is 1.26 bits per heavy atom. The van der Waals surface area contributed by atoms with Gasteiger partial charge in [-0.25, -0.2) is 9.67 Å². The van der Waals surface area contributed by atoms with Gasteiger partial charge in [0.25, 0.3) is 5.91 Å². The van der Waals surface area contributed by atoms with E-state index in [-0.39, 0.29) is 5.91 Å². The molecule has 1 N–H and O–H groups in total. The maximum Gasteiger partial charge on any atom is 0.257 e. The smallest absolute Gasteiger partial charge is 0.257 e. The topological polar surface area (TPSA) is 99.7 Å². The molecule has 5 rings (SSSR count). The van der Waals surface area contributed by atoms with Crippen LogP contribution in [-0.2, 0) is 19.4 Å². The van der Waals surface area contributed by atoms with Crippen molar-refractivity contribution in [3.8, 4) is 17.3 Å². The predicted molar refractivity (Wildman–Crippen MR) is 135 cm³/mol. The maximum absolute atomic E-state index is 12.9. The van der Waals surface area contributed by atoms with Gasteiger partial charge >= 0.3 is 0 Å². The van der Waals surface area contributed by atoms with Crippen LogP contribution in [0.3, 0.4) is 0 Å². The van der Waals surface area contributed by atoms with Crippen LogP contribution in [0.1, 0.15) is 38.5 Å². The number of hydrogen-bond acceptors (Lipinski definition) is 7. The van der Waals surface area contributed by atoms with Crippen LogP contribution >= 0.6 is 11.3 Å². The Morgan fingerprint density at radius 3 is 2.86 bits per heavy atom. The molecule has 0 aliphatic heterocycles. The van der Waals surface area contributed by atoms with Crippen LogP contribution in [0.4, 0.5) is 5.13 Å². The van der Waals surface area contributed by atoms with E-state index in [2.05, 4.69) is 45.7 Å². The van der Waals surface area contributed by atoms with Gasteiger partial charge in [0, 0.05) is 22.0 Å². The number of carbonyl (C=O) groups is 1. The van der Waals surface area contributed by atoms with E-state index < -0.39 is 0 Å². The van der Waals surface area contributed by atoms with Gasteiger partial charge in [-0.15, -0.1) is 16.4 Å². The van der Waals surface area contributed by atoms with E-state index >= 15 is 0 Å². The summed E-state index contributed by atoms with van der Waals surface area (Å²) in [6.45, 7) is 0.488. The minimum absolute atomic E-state index is 0.168. The first-order chi connectivity index (χ1) is 17.0. The third-order valence-corrected chi connectivity index (χ3v) is 7.28. The van der Waals surface area contributed by atoms with Gasteiger partial charge in [-0.05, 0) is 63.2 Å². The number of aromatic nitrogens is 4. The summed E-state index contributed by atoms with van der Waals surface area (Å²) < 4.78 is 1.74. The third-order valence-electron chi connectivity index (χ3n) is 6.25. The molecule has 1 aliphatic rings. The lowest BCUT2D eigenvalue weighted by atomic mass is 9.97. The number of anilines is 1. The SMILES string of the molecule is CN(C)[C@H]1CCc2nc(NC(=O)c3cccc(Cn4cc(-c5ccc(C#N)cc5)nn4)c3)sc2C1. The van der Waals surface area contributed by atoms with E-state index in [0.717, 1.165) is 41.8 Å². The number of carbonyl (C=O) groups excluding carboxylic acids is 1. The number of hydrogen-bond donors (Lipinski definition) is 1. The van der Waals surface area contributed by atoms with Crippen molar-refractivity contribution in [3.63, 3.8) is 0 Å². The van der Waals surface area contributed by atoms with E-state index in [1.54, 1.807) is 34.2 Å². The summed E-state index contributed by atoms with van der Waals surface area (Å²) in [4.78, 5) is 21.1. The monoisotopic (exact) mass is 483 g/mol. The molecule has 0 unspecified atom stereocenters. The molecule has 8 nitrogen and oxygen atoms in total. The summed E-state index contributed by atoms with van der Waals surface area (Å²) in [6, 6.07) is 17.4. The van der Waals surface area contributed by atoms with Crippen molar-refractivity contribution in [2.45, 2.75) is 31.8 Å². The van der Waals surface area contributed by atoms with E-state index in [9.17, 15) is 4.79 Å². The number of aryl methyl sites for hydroxylation is 1. The molecule has 0 radical (unpaired) electrons. The number of nitrogens with one attached hydrogen (secondary N) is 1. The zero-order valence-electron chi connectivity index (χ0n) is 19.6. The van der Waals surface area contributed by atoms with Gasteiger partial charge in [-0.1, -0.05) is 29.5 Å². The van der Waals surface area contributed by atoms with Crippen molar-refractivity contribution in [2.24, 2.45) is 0 Å². The first-order valence-corrected chi connectivity index (χ1v) is 12.3. The lowest BCUT2D eigenvalue weighted by Gasteiger charge is -2.27. The number of fused-ring (bicyclic) bond motifs is 1. The molecule has 35 heavy (non-hydrogen) atoms. The second-order valence-electron chi connectivity index (χ2n) is 8.89. The molecule has 0 fully saturated rings. The van der Waals surface area contributed by atoms with E-state index in [1.165, 1.54) is 4.88 Å². The molecule has 1 aliphatic carbocycles. The lowest BCUT2D eigenvalue weighted by Crippen LogP contribution is -2.32. The highest BCUT2D eigenvalue weighted by atomic mass is 32.1. The van der Waals surface area contributed by atoms with Crippen molar-refractivity contribution in [1.29, 1.82) is 5.26 Å². The number of benzene rings is 2. The van der Waals surface area contributed by atoms with Crippen LogP contribution in [-0.4, -0.2) is 50.9 Å². The van der Waals surface area contributed by atoms with Crippen LogP contribution < -0.4 is 5.32 Å². The third kappa shape index (κ3) is 5.14. The van der Waals surface area contributed by atoms with Crippen LogP contribution in [0.2, 0.25) is 0 Å². The number of nitrogens with zero attached hydrogens (tertiary/aromatic N) is 6. The fourth-order valence-electron chi connectivity index (χ4n) is 4.24. The second-order valence-corrected chi connectivity index (χ2v) is 9.98. The Morgan fingerprint density at radius 2 is 2.09 bits per heavy atom. The van der Waals surface area contributed by atoms with Gasteiger partial charge in [-0.2, -0.15) is 5.26 Å². The zero-order chi connectivity index (χ0) is 24.4. The fraction of sp³-hybridized carbons (Fsp3) is 0.269. The van der Waals surface area contributed by atoms with Gasteiger partial charge < -0.3 is 4.90 Å². The number of thiazole rings is 1. The lowest BCUT2D eigenvalue weighted by molar-refractivity contribution is 0.102. The van der Waals surface area contributed by atoms with Crippen molar-refractivity contribution in [1.82, 2.24) is 24.9 Å².